The van der Waals surface area contributed by atoms with E-state index in [1.165, 1.54) is 0 Å². The molecule has 1 unspecified atom stereocenters. The first-order chi connectivity index (χ1) is 15.8. The Morgan fingerprint density at radius 3 is 2.45 bits per heavy atom. The van der Waals surface area contributed by atoms with Gasteiger partial charge in [-0.1, -0.05) is 37.6 Å². The third-order valence-electron chi connectivity index (χ3n) is 5.54. The minimum Gasteiger partial charge on any atom is -0.467 e. The second kappa shape index (κ2) is 9.63. The molecule has 1 atom stereocenters. The Morgan fingerprint density at radius 2 is 1.79 bits per heavy atom. The molecule has 7 heteroatoms. The van der Waals surface area contributed by atoms with Gasteiger partial charge in [-0.05, 0) is 61.4 Å². The van der Waals surface area contributed by atoms with Crippen molar-refractivity contribution in [2.75, 3.05) is 0 Å². The summed E-state index contributed by atoms with van der Waals surface area (Å²) in [6.07, 6.45) is 1.97. The number of para-hydroxylation sites is 1. The van der Waals surface area contributed by atoms with E-state index < -0.39 is 6.04 Å². The molecular formula is C26H26ClN3O3. The van der Waals surface area contributed by atoms with Gasteiger partial charge in [-0.3, -0.25) is 14.2 Å². The minimum atomic E-state index is -0.491. The van der Waals surface area contributed by atoms with E-state index in [2.05, 4.69) is 0 Å². The Balaban J connectivity index is 1.89. The molecule has 4 aromatic rings. The average molecular weight is 464 g/mol. The van der Waals surface area contributed by atoms with Crippen molar-refractivity contribution in [3.8, 4) is 5.69 Å². The van der Waals surface area contributed by atoms with E-state index in [1.54, 1.807) is 52.1 Å². The second-order valence-corrected chi connectivity index (χ2v) is 8.92. The number of nitrogens with zero attached hydrogens (tertiary/aromatic N) is 3. The summed E-state index contributed by atoms with van der Waals surface area (Å²) in [6, 6.07) is 17.4. The lowest BCUT2D eigenvalue weighted by molar-refractivity contribution is -0.135. The van der Waals surface area contributed by atoms with E-state index >= 15 is 0 Å². The minimum absolute atomic E-state index is 0.0287. The van der Waals surface area contributed by atoms with E-state index in [1.807, 2.05) is 45.0 Å². The van der Waals surface area contributed by atoms with Crippen LogP contribution >= 0.6 is 11.6 Å². The summed E-state index contributed by atoms with van der Waals surface area (Å²) >= 11 is 6.09. The number of carbonyl (C=O) groups is 1. The number of amides is 1. The predicted octanol–water partition coefficient (Wildman–Crippen LogP) is 5.77. The van der Waals surface area contributed by atoms with E-state index in [0.717, 1.165) is 0 Å². The van der Waals surface area contributed by atoms with Gasteiger partial charge in [0.2, 0.25) is 5.91 Å². The third kappa shape index (κ3) is 4.86. The monoisotopic (exact) mass is 463 g/mol. The van der Waals surface area contributed by atoms with Crippen LogP contribution in [0.3, 0.4) is 0 Å². The van der Waals surface area contributed by atoms with Crippen LogP contribution in [0.15, 0.2) is 76.1 Å². The smallest absolute Gasteiger partial charge is 0.266 e. The Morgan fingerprint density at radius 1 is 1.06 bits per heavy atom. The van der Waals surface area contributed by atoms with Gasteiger partial charge in [-0.25, -0.2) is 4.98 Å². The molecule has 2 heterocycles. The molecule has 0 N–H and O–H groups in total. The predicted molar refractivity (Wildman–Crippen MR) is 129 cm³/mol. The molecule has 2 aromatic heterocycles. The molecule has 0 aliphatic carbocycles. The maximum Gasteiger partial charge on any atom is 0.266 e. The molecule has 6 nitrogen and oxygen atoms in total. The fourth-order valence-corrected chi connectivity index (χ4v) is 4.01. The van der Waals surface area contributed by atoms with Gasteiger partial charge >= 0.3 is 0 Å². The van der Waals surface area contributed by atoms with Crippen LogP contribution < -0.4 is 5.56 Å². The number of aromatic nitrogens is 2. The number of fused-ring (bicyclic) bond motifs is 1. The van der Waals surface area contributed by atoms with Crippen molar-refractivity contribution in [3.63, 3.8) is 0 Å². The van der Waals surface area contributed by atoms with Gasteiger partial charge in [0.05, 0.1) is 35.4 Å². The Kier molecular flexibility index (Phi) is 6.65. The first-order valence-corrected chi connectivity index (χ1v) is 11.3. The number of furan rings is 1. The molecule has 0 radical (unpaired) electrons. The fourth-order valence-electron chi connectivity index (χ4n) is 3.89. The topological polar surface area (TPSA) is 68.3 Å². The second-order valence-electron chi connectivity index (χ2n) is 8.48. The summed E-state index contributed by atoms with van der Waals surface area (Å²) < 4.78 is 7.10. The molecule has 0 fully saturated rings. The quantitative estimate of drug-likeness (QED) is 0.349. The molecule has 2 aromatic carbocycles. The number of halogens is 1. The van der Waals surface area contributed by atoms with Gasteiger partial charge in [-0.2, -0.15) is 0 Å². The Bertz CT molecular complexity index is 1310. The molecule has 0 saturated carbocycles. The molecule has 170 valence electrons. The van der Waals surface area contributed by atoms with E-state index in [9.17, 15) is 9.59 Å². The highest BCUT2D eigenvalue weighted by Crippen LogP contribution is 2.26. The van der Waals surface area contributed by atoms with Crippen molar-refractivity contribution in [3.05, 3.63) is 93.9 Å². The lowest BCUT2D eigenvalue weighted by atomic mass is 10.1. The zero-order chi connectivity index (χ0) is 23.5. The summed E-state index contributed by atoms with van der Waals surface area (Å²) in [5.74, 6) is 1.30. The zero-order valence-electron chi connectivity index (χ0n) is 18.9. The highest BCUT2D eigenvalue weighted by molar-refractivity contribution is 6.30. The van der Waals surface area contributed by atoms with Crippen LogP contribution in [0.2, 0.25) is 5.02 Å². The van der Waals surface area contributed by atoms with Gasteiger partial charge in [0.25, 0.3) is 5.56 Å². The van der Waals surface area contributed by atoms with Crippen LogP contribution in [0.5, 0.6) is 0 Å². The fraction of sp³-hybridized carbons (Fsp3) is 0.269. The van der Waals surface area contributed by atoms with Crippen LogP contribution in [0.25, 0.3) is 16.6 Å². The summed E-state index contributed by atoms with van der Waals surface area (Å²) in [4.78, 5) is 33.5. The lowest BCUT2D eigenvalue weighted by Gasteiger charge is -2.30. The standard InChI is InChI=1S/C26H26ClN3O3/c1-17(2)15-24(31)29(16-21-7-6-14-33-21)18(3)25-28-23-9-5-4-8-22(23)26(32)30(25)20-12-10-19(27)11-13-20/h4-14,17-18H,15-16H2,1-3H3. The van der Waals surface area contributed by atoms with Crippen molar-refractivity contribution in [1.82, 2.24) is 14.5 Å². The zero-order valence-corrected chi connectivity index (χ0v) is 19.6. The molecule has 33 heavy (non-hydrogen) atoms. The lowest BCUT2D eigenvalue weighted by Crippen LogP contribution is -2.37. The number of hydrogen-bond acceptors (Lipinski definition) is 4. The van der Waals surface area contributed by atoms with Gasteiger partial charge in [0.1, 0.15) is 11.6 Å². The molecule has 0 spiro atoms. The van der Waals surface area contributed by atoms with Gasteiger partial charge in [-0.15, -0.1) is 0 Å². The molecule has 0 aliphatic heterocycles. The number of carbonyl (C=O) groups excluding carboxylic acids is 1. The Hall–Kier alpha value is -3.38. The van der Waals surface area contributed by atoms with Crippen LogP contribution in [-0.4, -0.2) is 20.4 Å². The first kappa shape index (κ1) is 22.8. The van der Waals surface area contributed by atoms with Crippen molar-refractivity contribution in [1.29, 1.82) is 0 Å². The summed E-state index contributed by atoms with van der Waals surface area (Å²) in [5, 5.41) is 1.08. The summed E-state index contributed by atoms with van der Waals surface area (Å²) in [7, 11) is 0. The Labute approximate surface area is 197 Å². The molecule has 0 saturated heterocycles. The molecular weight excluding hydrogens is 438 g/mol. The third-order valence-corrected chi connectivity index (χ3v) is 5.79. The SMILES string of the molecule is CC(C)CC(=O)N(Cc1ccco1)C(C)c1nc2ccccc2c(=O)n1-c1ccc(Cl)cc1. The van der Waals surface area contributed by atoms with E-state index in [0.29, 0.717) is 39.6 Å². The van der Waals surface area contributed by atoms with Crippen LogP contribution in [0.4, 0.5) is 0 Å². The first-order valence-electron chi connectivity index (χ1n) is 10.9. The highest BCUT2D eigenvalue weighted by atomic mass is 35.5. The van der Waals surface area contributed by atoms with Gasteiger partial charge in [0, 0.05) is 11.4 Å². The largest absolute Gasteiger partial charge is 0.467 e. The van der Waals surface area contributed by atoms with E-state index in [4.69, 9.17) is 21.0 Å². The summed E-state index contributed by atoms with van der Waals surface area (Å²) in [6.45, 7) is 6.18. The average Bonchev–Trinajstić information content (AvgIpc) is 3.31. The number of hydrogen-bond donors (Lipinski definition) is 0. The summed E-state index contributed by atoms with van der Waals surface area (Å²) in [5.41, 5.74) is 1.03. The molecule has 0 bridgehead atoms. The van der Waals surface area contributed by atoms with Crippen LogP contribution in [0, 0.1) is 5.92 Å². The molecule has 4 rings (SSSR count). The number of rotatable bonds is 7. The maximum absolute atomic E-state index is 13.6. The van der Waals surface area contributed by atoms with Gasteiger partial charge in [0.15, 0.2) is 0 Å². The normalized spacial score (nSPS) is 12.3. The molecule has 1 amide bonds. The van der Waals surface area contributed by atoms with Crippen LogP contribution in [-0.2, 0) is 11.3 Å². The number of benzene rings is 2. The molecule has 0 aliphatic rings. The van der Waals surface area contributed by atoms with E-state index in [-0.39, 0.29) is 23.9 Å². The van der Waals surface area contributed by atoms with Crippen molar-refractivity contribution >= 4 is 28.4 Å². The van der Waals surface area contributed by atoms with Crippen molar-refractivity contribution in [2.45, 2.75) is 39.8 Å². The highest BCUT2D eigenvalue weighted by Gasteiger charge is 2.28. The van der Waals surface area contributed by atoms with Crippen molar-refractivity contribution in [2.24, 2.45) is 5.92 Å². The maximum atomic E-state index is 13.6. The van der Waals surface area contributed by atoms with Crippen LogP contribution in [0.1, 0.15) is 44.8 Å². The van der Waals surface area contributed by atoms with Crippen molar-refractivity contribution < 1.29 is 9.21 Å². The van der Waals surface area contributed by atoms with Gasteiger partial charge < -0.3 is 9.32 Å².